The minimum absolute atomic E-state index is 0.000209. The van der Waals surface area contributed by atoms with Crippen molar-refractivity contribution in [1.82, 2.24) is 14.9 Å². The second-order valence-corrected chi connectivity index (χ2v) is 9.15. The van der Waals surface area contributed by atoms with Gasteiger partial charge in [0.25, 0.3) is 0 Å². The molecule has 0 amide bonds. The maximum Gasteiger partial charge on any atom is 0.169 e. The summed E-state index contributed by atoms with van der Waals surface area (Å²) in [6.45, 7) is 3.80. The van der Waals surface area contributed by atoms with Crippen molar-refractivity contribution in [2.45, 2.75) is 45.1 Å². The van der Waals surface area contributed by atoms with Crippen LogP contribution in [0, 0.1) is 6.92 Å². The molecule has 0 bridgehead atoms. The third kappa shape index (κ3) is 4.91. The number of piperidine rings is 1. The van der Waals surface area contributed by atoms with Crippen molar-refractivity contribution in [3.8, 4) is 11.1 Å². The summed E-state index contributed by atoms with van der Waals surface area (Å²) in [5.41, 5.74) is 6.57. The van der Waals surface area contributed by atoms with Gasteiger partial charge in [-0.1, -0.05) is 48.9 Å². The van der Waals surface area contributed by atoms with Crippen LogP contribution >= 0.6 is 0 Å². The van der Waals surface area contributed by atoms with E-state index in [1.807, 2.05) is 24.5 Å². The lowest BCUT2D eigenvalue weighted by Crippen LogP contribution is -2.46. The average molecular weight is 469 g/mol. The Morgan fingerprint density at radius 1 is 1.03 bits per heavy atom. The van der Waals surface area contributed by atoms with Gasteiger partial charge in [-0.15, -0.1) is 0 Å². The van der Waals surface area contributed by atoms with E-state index < -0.39 is 6.29 Å². The summed E-state index contributed by atoms with van der Waals surface area (Å²) in [7, 11) is 1.57. The molecule has 2 unspecified atom stereocenters. The van der Waals surface area contributed by atoms with Crippen molar-refractivity contribution < 1.29 is 9.84 Å². The van der Waals surface area contributed by atoms with Crippen LogP contribution in [-0.2, 0) is 11.3 Å². The lowest BCUT2D eigenvalue weighted by Gasteiger charge is -2.37. The number of benzene rings is 2. The topological polar surface area (TPSA) is 70.5 Å². The number of nitrogens with one attached hydrogen (secondary N) is 1. The molecule has 180 valence electrons. The van der Waals surface area contributed by atoms with Gasteiger partial charge in [0, 0.05) is 37.1 Å². The molecule has 0 saturated carbocycles. The second-order valence-electron chi connectivity index (χ2n) is 9.15. The Bertz CT molecular complexity index is 1290. The van der Waals surface area contributed by atoms with Gasteiger partial charge < -0.3 is 15.2 Å². The van der Waals surface area contributed by atoms with E-state index in [4.69, 9.17) is 9.72 Å². The minimum Gasteiger partial charge on any atom is -0.367 e. The van der Waals surface area contributed by atoms with Crippen LogP contribution in [0.4, 0.5) is 11.5 Å². The fraction of sp³-hybridized carbons (Fsp3) is 0.310. The predicted molar refractivity (Wildman–Crippen MR) is 141 cm³/mol. The van der Waals surface area contributed by atoms with E-state index in [0.717, 1.165) is 54.8 Å². The van der Waals surface area contributed by atoms with Gasteiger partial charge in [0.1, 0.15) is 5.52 Å². The number of aliphatic hydroxyl groups excluding tert-OH is 1. The van der Waals surface area contributed by atoms with Crippen molar-refractivity contribution >= 4 is 22.4 Å². The Balaban J connectivity index is 1.46. The summed E-state index contributed by atoms with van der Waals surface area (Å²) in [5, 5.41) is 15.0. The Morgan fingerprint density at radius 3 is 2.69 bits per heavy atom. The molecule has 1 saturated heterocycles. The number of aliphatic hydroxyl groups is 1. The predicted octanol–water partition coefficient (Wildman–Crippen LogP) is 5.67. The first-order valence-electron chi connectivity index (χ1n) is 12.3. The molecule has 5 rings (SSSR count). The molecule has 2 aromatic heterocycles. The number of anilines is 2. The Morgan fingerprint density at radius 2 is 1.86 bits per heavy atom. The molecule has 0 radical (unpaired) electrons. The monoisotopic (exact) mass is 468 g/mol. The van der Waals surface area contributed by atoms with Gasteiger partial charge in [0.15, 0.2) is 12.1 Å². The van der Waals surface area contributed by atoms with Gasteiger partial charge in [-0.25, -0.2) is 4.98 Å². The average Bonchev–Trinajstić information content (AvgIpc) is 2.91. The molecule has 0 spiro atoms. The summed E-state index contributed by atoms with van der Waals surface area (Å²) in [4.78, 5) is 11.7. The van der Waals surface area contributed by atoms with Crippen LogP contribution in [0.3, 0.4) is 0 Å². The van der Waals surface area contributed by atoms with Gasteiger partial charge in [0.05, 0.1) is 6.04 Å². The summed E-state index contributed by atoms with van der Waals surface area (Å²) in [6, 6.07) is 20.8. The Hall–Kier alpha value is -3.32. The van der Waals surface area contributed by atoms with Gasteiger partial charge in [-0.3, -0.25) is 9.88 Å². The quantitative estimate of drug-likeness (QED) is 0.341. The van der Waals surface area contributed by atoms with E-state index in [1.165, 1.54) is 22.3 Å². The standard InChI is InChI=1S/C29H32N4O2/c1-20-23(21-9-4-3-5-10-21)11-8-12-25(20)32-28-27-24(15-17-31-28)22(14-16-30-27)19-33-18-7-6-13-26(33)29(34)35-2/h3-5,8-12,14-17,26,29,34H,6-7,13,18-19H2,1-2H3,(H,31,32). The maximum atomic E-state index is 10.4. The van der Waals surface area contributed by atoms with E-state index >= 15 is 0 Å². The second kappa shape index (κ2) is 10.5. The molecule has 1 fully saturated rings. The van der Waals surface area contributed by atoms with Crippen molar-refractivity contribution in [2.75, 3.05) is 19.0 Å². The molecular weight excluding hydrogens is 436 g/mol. The van der Waals surface area contributed by atoms with Crippen LogP contribution in [0.15, 0.2) is 73.1 Å². The van der Waals surface area contributed by atoms with E-state index in [-0.39, 0.29) is 6.04 Å². The summed E-state index contributed by atoms with van der Waals surface area (Å²) in [6.07, 6.45) is 6.08. The molecule has 2 atom stereocenters. The van der Waals surface area contributed by atoms with E-state index in [2.05, 4.69) is 70.7 Å². The fourth-order valence-corrected chi connectivity index (χ4v) is 5.11. The highest BCUT2D eigenvalue weighted by molar-refractivity contribution is 5.92. The van der Waals surface area contributed by atoms with Gasteiger partial charge in [-0.05, 0) is 66.8 Å². The van der Waals surface area contributed by atoms with Crippen LogP contribution < -0.4 is 5.32 Å². The number of aromatic nitrogens is 2. The molecule has 0 aliphatic carbocycles. The van der Waals surface area contributed by atoms with Gasteiger partial charge >= 0.3 is 0 Å². The number of methoxy groups -OCH3 is 1. The number of nitrogens with zero attached hydrogens (tertiary/aromatic N) is 3. The molecule has 6 nitrogen and oxygen atoms in total. The van der Waals surface area contributed by atoms with Gasteiger partial charge in [-0.2, -0.15) is 0 Å². The summed E-state index contributed by atoms with van der Waals surface area (Å²) < 4.78 is 5.26. The molecule has 1 aliphatic heterocycles. The maximum absolute atomic E-state index is 10.4. The van der Waals surface area contributed by atoms with Crippen LogP contribution in [0.1, 0.15) is 30.4 Å². The number of rotatable bonds is 7. The van der Waals surface area contributed by atoms with Gasteiger partial charge in [0.2, 0.25) is 0 Å². The number of hydrogen-bond donors (Lipinski definition) is 2. The third-order valence-corrected chi connectivity index (χ3v) is 7.03. The molecular formula is C29H32N4O2. The molecule has 6 heteroatoms. The SMILES string of the molecule is COC(O)C1CCCCN1Cc1ccnc2c(Nc3cccc(-c4ccccc4)c3C)nccc12. The van der Waals surface area contributed by atoms with Crippen LogP contribution in [-0.4, -0.2) is 46.0 Å². The van der Waals surface area contributed by atoms with Crippen molar-refractivity contribution in [2.24, 2.45) is 0 Å². The highest BCUT2D eigenvalue weighted by Gasteiger charge is 2.29. The molecule has 2 N–H and O–H groups in total. The van der Waals surface area contributed by atoms with Crippen LogP contribution in [0.5, 0.6) is 0 Å². The number of pyridine rings is 2. The molecule has 4 aromatic rings. The molecule has 35 heavy (non-hydrogen) atoms. The van der Waals surface area contributed by atoms with Crippen molar-refractivity contribution in [3.63, 3.8) is 0 Å². The number of ether oxygens (including phenoxy) is 1. The van der Waals surface area contributed by atoms with E-state index in [0.29, 0.717) is 0 Å². The lowest BCUT2D eigenvalue weighted by molar-refractivity contribution is -0.134. The van der Waals surface area contributed by atoms with E-state index in [9.17, 15) is 5.11 Å². The molecule has 3 heterocycles. The zero-order chi connectivity index (χ0) is 24.2. The lowest BCUT2D eigenvalue weighted by atomic mass is 9.99. The van der Waals surface area contributed by atoms with Crippen LogP contribution in [0.25, 0.3) is 22.0 Å². The minimum atomic E-state index is -0.776. The first-order chi connectivity index (χ1) is 17.2. The first-order valence-corrected chi connectivity index (χ1v) is 12.3. The summed E-state index contributed by atoms with van der Waals surface area (Å²) in [5.74, 6) is 0.741. The van der Waals surface area contributed by atoms with Crippen LogP contribution in [0.2, 0.25) is 0 Å². The van der Waals surface area contributed by atoms with Crippen molar-refractivity contribution in [1.29, 1.82) is 0 Å². The molecule has 1 aliphatic rings. The van der Waals surface area contributed by atoms with E-state index in [1.54, 1.807) is 7.11 Å². The Labute approximate surface area is 206 Å². The highest BCUT2D eigenvalue weighted by Crippen LogP contribution is 2.32. The summed E-state index contributed by atoms with van der Waals surface area (Å²) >= 11 is 0. The number of fused-ring (bicyclic) bond motifs is 1. The zero-order valence-corrected chi connectivity index (χ0v) is 20.3. The molecule has 2 aromatic carbocycles. The third-order valence-electron chi connectivity index (χ3n) is 7.03. The number of hydrogen-bond acceptors (Lipinski definition) is 6. The normalized spacial score (nSPS) is 17.4. The smallest absolute Gasteiger partial charge is 0.169 e. The van der Waals surface area contributed by atoms with Crippen molar-refractivity contribution in [3.05, 3.63) is 84.2 Å². The largest absolute Gasteiger partial charge is 0.367 e. The zero-order valence-electron chi connectivity index (χ0n) is 20.3. The fourth-order valence-electron chi connectivity index (χ4n) is 5.11. The first kappa shape index (κ1) is 23.4. The number of likely N-dealkylation sites (tertiary alicyclic amines) is 1. The highest BCUT2D eigenvalue weighted by atomic mass is 16.6. The Kier molecular flexibility index (Phi) is 7.04.